The summed E-state index contributed by atoms with van der Waals surface area (Å²) >= 11 is 2.04. The Morgan fingerprint density at radius 1 is 1.26 bits per heavy atom. The van der Waals surface area contributed by atoms with E-state index in [0.717, 1.165) is 30.8 Å². The molecule has 1 aromatic heterocycles. The lowest BCUT2D eigenvalue weighted by Gasteiger charge is -2.29. The van der Waals surface area contributed by atoms with Crippen LogP contribution in [0.15, 0.2) is 30.3 Å². The van der Waals surface area contributed by atoms with E-state index in [9.17, 15) is 0 Å². The Hall–Kier alpha value is -1.26. The SMILES string of the molecule is CNCc1cc(N2CCSCC2)c2ccccc2n1. The van der Waals surface area contributed by atoms with Gasteiger partial charge in [0.1, 0.15) is 0 Å². The van der Waals surface area contributed by atoms with E-state index in [0.29, 0.717) is 0 Å². The highest BCUT2D eigenvalue weighted by molar-refractivity contribution is 7.99. The number of nitrogens with one attached hydrogen (secondary N) is 1. The molecule has 2 aromatic rings. The number of hydrogen-bond acceptors (Lipinski definition) is 4. The van der Waals surface area contributed by atoms with Gasteiger partial charge in [0.05, 0.1) is 11.2 Å². The van der Waals surface area contributed by atoms with E-state index in [-0.39, 0.29) is 0 Å². The summed E-state index contributed by atoms with van der Waals surface area (Å²) in [6.07, 6.45) is 0. The fourth-order valence-corrected chi connectivity index (χ4v) is 3.45. The third kappa shape index (κ3) is 2.69. The molecule has 1 N–H and O–H groups in total. The van der Waals surface area contributed by atoms with Crippen LogP contribution in [0.2, 0.25) is 0 Å². The van der Waals surface area contributed by atoms with Crippen molar-refractivity contribution in [1.82, 2.24) is 10.3 Å². The van der Waals surface area contributed by atoms with Crippen molar-refractivity contribution in [3.63, 3.8) is 0 Å². The minimum absolute atomic E-state index is 0.820. The molecule has 0 bridgehead atoms. The molecule has 100 valence electrons. The lowest BCUT2D eigenvalue weighted by molar-refractivity contribution is 0.791. The van der Waals surface area contributed by atoms with Crippen LogP contribution in [0.25, 0.3) is 10.9 Å². The molecular formula is C15H19N3S. The van der Waals surface area contributed by atoms with Crippen LogP contribution in [0.3, 0.4) is 0 Å². The molecule has 0 aliphatic carbocycles. The standard InChI is InChI=1S/C15H19N3S/c1-16-11-12-10-15(18-6-8-19-9-7-18)13-4-2-3-5-14(13)17-12/h2-5,10,16H,6-9,11H2,1H3. The van der Waals surface area contributed by atoms with E-state index in [2.05, 4.69) is 40.5 Å². The maximum absolute atomic E-state index is 4.73. The van der Waals surface area contributed by atoms with Gasteiger partial charge in [-0.15, -0.1) is 0 Å². The maximum atomic E-state index is 4.73. The van der Waals surface area contributed by atoms with E-state index >= 15 is 0 Å². The first-order valence-electron chi connectivity index (χ1n) is 6.74. The summed E-state index contributed by atoms with van der Waals surface area (Å²) in [6, 6.07) is 10.7. The van der Waals surface area contributed by atoms with Gasteiger partial charge in [-0.05, 0) is 19.2 Å². The second kappa shape index (κ2) is 5.80. The minimum Gasteiger partial charge on any atom is -0.369 e. The van der Waals surface area contributed by atoms with Crippen LogP contribution in [0.1, 0.15) is 5.69 Å². The van der Waals surface area contributed by atoms with Crippen LogP contribution in [-0.2, 0) is 6.54 Å². The highest BCUT2D eigenvalue weighted by atomic mass is 32.2. The molecule has 1 aliphatic rings. The third-order valence-electron chi connectivity index (χ3n) is 3.46. The molecule has 0 unspecified atom stereocenters. The Kier molecular flexibility index (Phi) is 3.89. The van der Waals surface area contributed by atoms with Crippen molar-refractivity contribution in [3.8, 4) is 0 Å². The molecule has 0 radical (unpaired) electrons. The van der Waals surface area contributed by atoms with E-state index in [4.69, 9.17) is 4.98 Å². The van der Waals surface area contributed by atoms with Gasteiger partial charge < -0.3 is 10.2 Å². The molecule has 3 rings (SSSR count). The summed E-state index contributed by atoms with van der Waals surface area (Å²) in [6.45, 7) is 3.09. The van der Waals surface area contributed by atoms with Crippen molar-refractivity contribution in [2.45, 2.75) is 6.54 Å². The van der Waals surface area contributed by atoms with Crippen molar-refractivity contribution >= 4 is 28.4 Å². The quantitative estimate of drug-likeness (QED) is 0.930. The molecule has 1 saturated heterocycles. The monoisotopic (exact) mass is 273 g/mol. The number of pyridine rings is 1. The summed E-state index contributed by atoms with van der Waals surface area (Å²) in [5.74, 6) is 2.44. The van der Waals surface area contributed by atoms with Gasteiger partial charge in [-0.3, -0.25) is 4.98 Å². The van der Waals surface area contributed by atoms with Gasteiger partial charge in [0.25, 0.3) is 0 Å². The zero-order valence-corrected chi connectivity index (χ0v) is 12.0. The number of aromatic nitrogens is 1. The van der Waals surface area contributed by atoms with E-state index in [1.54, 1.807) is 0 Å². The average Bonchev–Trinajstić information content (AvgIpc) is 2.48. The Morgan fingerprint density at radius 2 is 2.05 bits per heavy atom. The predicted molar refractivity (Wildman–Crippen MR) is 84.0 cm³/mol. The normalized spacial score (nSPS) is 15.9. The number of rotatable bonds is 3. The lowest BCUT2D eigenvalue weighted by Crippen LogP contribution is -2.32. The fourth-order valence-electron chi connectivity index (χ4n) is 2.55. The van der Waals surface area contributed by atoms with Gasteiger partial charge >= 0.3 is 0 Å². The van der Waals surface area contributed by atoms with E-state index in [1.165, 1.54) is 22.6 Å². The minimum atomic E-state index is 0.820. The molecular weight excluding hydrogens is 254 g/mol. The molecule has 0 amide bonds. The Balaban J connectivity index is 2.08. The van der Waals surface area contributed by atoms with Gasteiger partial charge in [-0.2, -0.15) is 11.8 Å². The van der Waals surface area contributed by atoms with Crippen LogP contribution in [0.5, 0.6) is 0 Å². The Morgan fingerprint density at radius 3 is 2.84 bits per heavy atom. The van der Waals surface area contributed by atoms with Crippen molar-refractivity contribution in [2.75, 3.05) is 36.5 Å². The van der Waals surface area contributed by atoms with E-state index < -0.39 is 0 Å². The summed E-state index contributed by atoms with van der Waals surface area (Å²) in [7, 11) is 1.97. The Labute approximate surface area is 118 Å². The summed E-state index contributed by atoms with van der Waals surface area (Å²) < 4.78 is 0. The second-order valence-electron chi connectivity index (χ2n) is 4.78. The summed E-state index contributed by atoms with van der Waals surface area (Å²) in [5.41, 5.74) is 3.56. The van der Waals surface area contributed by atoms with Crippen LogP contribution in [-0.4, -0.2) is 36.6 Å². The molecule has 1 fully saturated rings. The molecule has 0 spiro atoms. The zero-order chi connectivity index (χ0) is 13.1. The highest BCUT2D eigenvalue weighted by Gasteiger charge is 2.15. The van der Waals surface area contributed by atoms with E-state index in [1.807, 2.05) is 18.8 Å². The molecule has 1 aromatic carbocycles. The fraction of sp³-hybridized carbons (Fsp3) is 0.400. The number of fused-ring (bicyclic) bond motifs is 1. The molecule has 3 nitrogen and oxygen atoms in total. The zero-order valence-electron chi connectivity index (χ0n) is 11.2. The molecule has 4 heteroatoms. The van der Waals surface area contributed by atoms with Crippen LogP contribution >= 0.6 is 11.8 Å². The summed E-state index contributed by atoms with van der Waals surface area (Å²) in [4.78, 5) is 7.23. The van der Waals surface area contributed by atoms with Gasteiger partial charge in [-0.25, -0.2) is 0 Å². The van der Waals surface area contributed by atoms with Crippen molar-refractivity contribution in [3.05, 3.63) is 36.0 Å². The number of anilines is 1. The first-order chi connectivity index (χ1) is 9.38. The van der Waals surface area contributed by atoms with Gasteiger partial charge in [0.15, 0.2) is 0 Å². The molecule has 0 atom stereocenters. The Bertz CT molecular complexity index is 564. The molecule has 1 aliphatic heterocycles. The highest BCUT2D eigenvalue weighted by Crippen LogP contribution is 2.28. The second-order valence-corrected chi connectivity index (χ2v) is 6.00. The van der Waals surface area contributed by atoms with Crippen molar-refractivity contribution in [1.29, 1.82) is 0 Å². The maximum Gasteiger partial charge on any atom is 0.0726 e. The number of para-hydroxylation sites is 1. The van der Waals surface area contributed by atoms with Gasteiger partial charge in [0, 0.05) is 42.2 Å². The number of hydrogen-bond donors (Lipinski definition) is 1. The topological polar surface area (TPSA) is 28.2 Å². The average molecular weight is 273 g/mol. The number of benzene rings is 1. The molecule has 0 saturated carbocycles. The third-order valence-corrected chi connectivity index (χ3v) is 4.40. The number of nitrogens with zero attached hydrogens (tertiary/aromatic N) is 2. The summed E-state index contributed by atoms with van der Waals surface area (Å²) in [5, 5.41) is 4.47. The van der Waals surface area contributed by atoms with Gasteiger partial charge in [0.2, 0.25) is 0 Å². The largest absolute Gasteiger partial charge is 0.369 e. The first-order valence-corrected chi connectivity index (χ1v) is 7.90. The van der Waals surface area contributed by atoms with Gasteiger partial charge in [-0.1, -0.05) is 18.2 Å². The molecule has 19 heavy (non-hydrogen) atoms. The smallest absolute Gasteiger partial charge is 0.0726 e. The first kappa shape index (κ1) is 12.8. The van der Waals surface area contributed by atoms with Crippen LogP contribution in [0.4, 0.5) is 5.69 Å². The van der Waals surface area contributed by atoms with Crippen LogP contribution in [0, 0.1) is 0 Å². The van der Waals surface area contributed by atoms with Crippen LogP contribution < -0.4 is 10.2 Å². The van der Waals surface area contributed by atoms with Crippen molar-refractivity contribution < 1.29 is 0 Å². The number of thioether (sulfide) groups is 1. The molecule has 2 heterocycles. The predicted octanol–water partition coefficient (Wildman–Crippen LogP) is 2.51. The van der Waals surface area contributed by atoms with Crippen molar-refractivity contribution in [2.24, 2.45) is 0 Å². The lowest BCUT2D eigenvalue weighted by atomic mass is 10.1.